The first-order chi connectivity index (χ1) is 13.1. The van der Waals surface area contributed by atoms with Gasteiger partial charge in [0.15, 0.2) is 6.10 Å². The van der Waals surface area contributed by atoms with Crippen molar-refractivity contribution in [2.75, 3.05) is 23.3 Å². The number of rotatable bonds is 6. The van der Waals surface area contributed by atoms with E-state index in [4.69, 9.17) is 4.74 Å². The van der Waals surface area contributed by atoms with Crippen LogP contribution in [0.5, 0.6) is 5.75 Å². The van der Waals surface area contributed by atoms with E-state index in [9.17, 15) is 4.79 Å². The number of amides is 1. The number of aryl methyl sites for hydroxylation is 1. The number of carbonyl (C=O) groups is 1. The Morgan fingerprint density at radius 3 is 2.44 bits per heavy atom. The molecule has 1 atom stereocenters. The lowest BCUT2D eigenvalue weighted by atomic mass is 10.1. The van der Waals surface area contributed by atoms with Gasteiger partial charge in [0.25, 0.3) is 5.91 Å². The van der Waals surface area contributed by atoms with E-state index in [1.54, 1.807) is 0 Å². The summed E-state index contributed by atoms with van der Waals surface area (Å²) in [6.45, 7) is 8.27. The number of piperidine rings is 1. The maximum absolute atomic E-state index is 12.7. The van der Waals surface area contributed by atoms with E-state index in [1.165, 1.54) is 24.9 Å². The van der Waals surface area contributed by atoms with Gasteiger partial charge in [0, 0.05) is 24.5 Å². The van der Waals surface area contributed by atoms with Crippen LogP contribution in [0.15, 0.2) is 42.5 Å². The first kappa shape index (κ1) is 19.3. The van der Waals surface area contributed by atoms with Crippen molar-refractivity contribution in [2.24, 2.45) is 0 Å². The Hall–Kier alpha value is -2.49. The SMILES string of the molecule is CCC(Oc1cccc(C)c1C)C(=O)Nc1ccc(N2CCCCC2)cc1. The molecule has 3 rings (SSSR count). The smallest absolute Gasteiger partial charge is 0.265 e. The van der Waals surface area contributed by atoms with Crippen LogP contribution in [0.25, 0.3) is 0 Å². The van der Waals surface area contributed by atoms with Crippen LogP contribution < -0.4 is 15.0 Å². The summed E-state index contributed by atoms with van der Waals surface area (Å²) in [5, 5.41) is 2.99. The fourth-order valence-corrected chi connectivity index (χ4v) is 3.46. The average molecular weight is 367 g/mol. The minimum Gasteiger partial charge on any atom is -0.480 e. The van der Waals surface area contributed by atoms with Gasteiger partial charge in [-0.1, -0.05) is 19.1 Å². The molecule has 0 aromatic heterocycles. The summed E-state index contributed by atoms with van der Waals surface area (Å²) in [4.78, 5) is 15.1. The zero-order valence-electron chi connectivity index (χ0n) is 16.6. The van der Waals surface area contributed by atoms with E-state index in [1.807, 2.05) is 51.1 Å². The molecule has 1 unspecified atom stereocenters. The van der Waals surface area contributed by atoms with Crippen LogP contribution in [0, 0.1) is 13.8 Å². The van der Waals surface area contributed by atoms with Gasteiger partial charge in [-0.15, -0.1) is 0 Å². The molecule has 144 valence electrons. The first-order valence-corrected chi connectivity index (χ1v) is 9.97. The Labute approximate surface area is 162 Å². The monoisotopic (exact) mass is 366 g/mol. The van der Waals surface area contributed by atoms with E-state index in [-0.39, 0.29) is 5.91 Å². The normalized spacial score (nSPS) is 15.3. The number of anilines is 2. The number of hydrogen-bond acceptors (Lipinski definition) is 3. The second-order valence-corrected chi connectivity index (χ2v) is 7.30. The second kappa shape index (κ2) is 8.94. The van der Waals surface area contributed by atoms with Crippen molar-refractivity contribution >= 4 is 17.3 Å². The van der Waals surface area contributed by atoms with Crippen molar-refractivity contribution in [2.45, 2.75) is 52.6 Å². The van der Waals surface area contributed by atoms with Crippen molar-refractivity contribution in [3.8, 4) is 5.75 Å². The zero-order valence-corrected chi connectivity index (χ0v) is 16.6. The minimum atomic E-state index is -0.507. The molecule has 1 amide bonds. The molecule has 1 aliphatic rings. The predicted octanol–water partition coefficient (Wildman–Crippen LogP) is 5.09. The van der Waals surface area contributed by atoms with Crippen molar-refractivity contribution in [1.29, 1.82) is 0 Å². The van der Waals surface area contributed by atoms with E-state index in [0.717, 1.165) is 35.7 Å². The van der Waals surface area contributed by atoms with Crippen LogP contribution >= 0.6 is 0 Å². The summed E-state index contributed by atoms with van der Waals surface area (Å²) in [7, 11) is 0. The molecule has 1 fully saturated rings. The molecule has 0 aliphatic carbocycles. The number of carbonyl (C=O) groups excluding carboxylic acids is 1. The van der Waals surface area contributed by atoms with Crippen LogP contribution in [0.4, 0.5) is 11.4 Å². The van der Waals surface area contributed by atoms with Crippen LogP contribution in [-0.4, -0.2) is 25.1 Å². The van der Waals surface area contributed by atoms with Crippen LogP contribution in [0.3, 0.4) is 0 Å². The summed E-state index contributed by atoms with van der Waals surface area (Å²) >= 11 is 0. The molecule has 0 spiro atoms. The largest absolute Gasteiger partial charge is 0.480 e. The Kier molecular flexibility index (Phi) is 6.38. The third kappa shape index (κ3) is 4.82. The second-order valence-electron chi connectivity index (χ2n) is 7.30. The molecule has 0 bridgehead atoms. The Morgan fingerprint density at radius 2 is 1.78 bits per heavy atom. The number of nitrogens with zero attached hydrogens (tertiary/aromatic N) is 1. The molecule has 1 N–H and O–H groups in total. The van der Waals surface area contributed by atoms with Crippen LogP contribution in [-0.2, 0) is 4.79 Å². The summed E-state index contributed by atoms with van der Waals surface area (Å²) in [6.07, 6.45) is 3.94. The molecule has 4 nitrogen and oxygen atoms in total. The summed E-state index contributed by atoms with van der Waals surface area (Å²) < 4.78 is 6.01. The fourth-order valence-electron chi connectivity index (χ4n) is 3.46. The highest BCUT2D eigenvalue weighted by Gasteiger charge is 2.20. The molecule has 0 radical (unpaired) electrons. The maximum atomic E-state index is 12.7. The summed E-state index contributed by atoms with van der Waals surface area (Å²) in [5.41, 5.74) is 4.28. The summed E-state index contributed by atoms with van der Waals surface area (Å²) in [5.74, 6) is 0.668. The lowest BCUT2D eigenvalue weighted by Gasteiger charge is -2.29. The molecule has 0 saturated carbocycles. The molecule has 2 aromatic rings. The molecule has 4 heteroatoms. The van der Waals surface area contributed by atoms with Gasteiger partial charge in [0.1, 0.15) is 5.75 Å². The molecule has 2 aromatic carbocycles. The van der Waals surface area contributed by atoms with Gasteiger partial charge < -0.3 is 15.0 Å². The van der Waals surface area contributed by atoms with E-state index < -0.39 is 6.10 Å². The predicted molar refractivity (Wildman–Crippen MR) is 112 cm³/mol. The lowest BCUT2D eigenvalue weighted by Crippen LogP contribution is -2.32. The first-order valence-electron chi connectivity index (χ1n) is 9.97. The molecular weight excluding hydrogens is 336 g/mol. The maximum Gasteiger partial charge on any atom is 0.265 e. The van der Waals surface area contributed by atoms with Gasteiger partial charge >= 0.3 is 0 Å². The average Bonchev–Trinajstić information content (AvgIpc) is 2.70. The lowest BCUT2D eigenvalue weighted by molar-refractivity contribution is -0.122. The van der Waals surface area contributed by atoms with E-state index in [0.29, 0.717) is 6.42 Å². The van der Waals surface area contributed by atoms with Crippen molar-refractivity contribution in [3.05, 3.63) is 53.6 Å². The molecule has 27 heavy (non-hydrogen) atoms. The van der Waals surface area contributed by atoms with Gasteiger partial charge in [0.2, 0.25) is 0 Å². The van der Waals surface area contributed by atoms with E-state index in [2.05, 4.69) is 22.3 Å². The van der Waals surface area contributed by atoms with Gasteiger partial charge in [-0.25, -0.2) is 0 Å². The Morgan fingerprint density at radius 1 is 1.07 bits per heavy atom. The highest BCUT2D eigenvalue weighted by molar-refractivity contribution is 5.94. The zero-order chi connectivity index (χ0) is 19.2. The Balaban J connectivity index is 1.63. The highest BCUT2D eigenvalue weighted by atomic mass is 16.5. The van der Waals surface area contributed by atoms with E-state index >= 15 is 0 Å². The van der Waals surface area contributed by atoms with Gasteiger partial charge in [0.05, 0.1) is 0 Å². The number of benzene rings is 2. The molecular formula is C23H30N2O2. The van der Waals surface area contributed by atoms with Gasteiger partial charge in [-0.05, 0) is 81.0 Å². The minimum absolute atomic E-state index is 0.107. The molecule has 1 heterocycles. The topological polar surface area (TPSA) is 41.6 Å². The number of ether oxygens (including phenoxy) is 1. The van der Waals surface area contributed by atoms with Crippen LogP contribution in [0.1, 0.15) is 43.7 Å². The highest BCUT2D eigenvalue weighted by Crippen LogP contribution is 2.24. The third-order valence-corrected chi connectivity index (χ3v) is 5.34. The summed E-state index contributed by atoms with van der Waals surface area (Å²) in [6, 6.07) is 14.1. The Bertz CT molecular complexity index is 764. The van der Waals surface area contributed by atoms with Crippen molar-refractivity contribution in [3.63, 3.8) is 0 Å². The standard InChI is InChI=1S/C23H30N2O2/c1-4-21(27-22-10-8-9-17(2)18(22)3)23(26)24-19-11-13-20(14-12-19)25-15-6-5-7-16-25/h8-14,21H,4-7,15-16H2,1-3H3,(H,24,26). The fraction of sp³-hybridized carbons (Fsp3) is 0.435. The number of nitrogens with one attached hydrogen (secondary N) is 1. The van der Waals surface area contributed by atoms with Gasteiger partial charge in [-0.2, -0.15) is 0 Å². The third-order valence-electron chi connectivity index (χ3n) is 5.34. The van der Waals surface area contributed by atoms with Crippen molar-refractivity contribution in [1.82, 2.24) is 0 Å². The van der Waals surface area contributed by atoms with Crippen molar-refractivity contribution < 1.29 is 9.53 Å². The molecule has 1 aliphatic heterocycles. The van der Waals surface area contributed by atoms with Gasteiger partial charge in [-0.3, -0.25) is 4.79 Å². The number of hydrogen-bond donors (Lipinski definition) is 1. The quantitative estimate of drug-likeness (QED) is 0.774. The molecule has 1 saturated heterocycles. The van der Waals surface area contributed by atoms with Crippen LogP contribution in [0.2, 0.25) is 0 Å².